The molecule has 1 aromatic heterocycles. The third kappa shape index (κ3) is 2.38. The molecule has 3 rings (SSSR count). The maximum atomic E-state index is 12.1. The molecule has 0 aliphatic carbocycles. The molecule has 0 aromatic carbocycles. The highest BCUT2D eigenvalue weighted by atomic mass is 16.7. The summed E-state index contributed by atoms with van der Waals surface area (Å²) in [4.78, 5) is 27.2. The molecule has 22 heavy (non-hydrogen) atoms. The standard InChI is InChI=1S/C14H18N2O6/c1-14(2,3)12(19)21-9-7(6-17)20-11-10(9)22-13-15-8(18)4-5-16(11)13/h4-5,7,9-11,17H,6H2,1-3H3/t7-,9-,10+,11-/m1/s1. The van der Waals surface area contributed by atoms with E-state index < -0.39 is 41.5 Å². The van der Waals surface area contributed by atoms with Crippen molar-refractivity contribution in [2.75, 3.05) is 6.61 Å². The van der Waals surface area contributed by atoms with Crippen LogP contribution in [-0.4, -0.2) is 45.5 Å². The highest BCUT2D eigenvalue weighted by molar-refractivity contribution is 5.75. The first-order chi connectivity index (χ1) is 10.3. The monoisotopic (exact) mass is 310 g/mol. The predicted molar refractivity (Wildman–Crippen MR) is 73.2 cm³/mol. The number of esters is 1. The summed E-state index contributed by atoms with van der Waals surface area (Å²) in [7, 11) is 0. The number of aliphatic hydroxyl groups excluding tert-OH is 1. The topological polar surface area (TPSA) is 99.9 Å². The third-order valence-corrected chi connectivity index (χ3v) is 3.64. The lowest BCUT2D eigenvalue weighted by Crippen LogP contribution is -2.41. The van der Waals surface area contributed by atoms with E-state index in [0.29, 0.717) is 0 Å². The fraction of sp³-hybridized carbons (Fsp3) is 0.643. The van der Waals surface area contributed by atoms with Crippen LogP contribution in [0.4, 0.5) is 0 Å². The summed E-state index contributed by atoms with van der Waals surface area (Å²) in [5, 5.41) is 9.45. The normalized spacial score (nSPS) is 29.6. The van der Waals surface area contributed by atoms with Gasteiger partial charge in [-0.2, -0.15) is 4.98 Å². The highest BCUT2D eigenvalue weighted by Gasteiger charge is 2.54. The lowest BCUT2D eigenvalue weighted by molar-refractivity contribution is -0.165. The molecule has 1 N–H and O–H groups in total. The summed E-state index contributed by atoms with van der Waals surface area (Å²) in [6, 6.07) is 1.41. The van der Waals surface area contributed by atoms with Crippen molar-refractivity contribution in [2.24, 2.45) is 5.41 Å². The zero-order valence-corrected chi connectivity index (χ0v) is 12.6. The lowest BCUT2D eigenvalue weighted by atomic mass is 9.97. The van der Waals surface area contributed by atoms with Gasteiger partial charge in [0.05, 0.1) is 12.0 Å². The Morgan fingerprint density at radius 1 is 1.50 bits per heavy atom. The van der Waals surface area contributed by atoms with Crippen molar-refractivity contribution in [3.8, 4) is 6.01 Å². The van der Waals surface area contributed by atoms with Crippen LogP contribution in [0.5, 0.6) is 6.01 Å². The molecule has 2 aliphatic rings. The fourth-order valence-corrected chi connectivity index (χ4v) is 2.45. The number of fused-ring (bicyclic) bond motifs is 3. The van der Waals surface area contributed by atoms with Crippen LogP contribution >= 0.6 is 0 Å². The summed E-state index contributed by atoms with van der Waals surface area (Å²) in [5.41, 5.74) is -1.11. The van der Waals surface area contributed by atoms with Gasteiger partial charge in [0.2, 0.25) is 0 Å². The Labute approximate surface area is 126 Å². The van der Waals surface area contributed by atoms with E-state index in [9.17, 15) is 14.7 Å². The maximum Gasteiger partial charge on any atom is 0.311 e. The number of rotatable bonds is 2. The molecule has 0 radical (unpaired) electrons. The van der Waals surface area contributed by atoms with Gasteiger partial charge in [-0.05, 0) is 20.8 Å². The Morgan fingerprint density at radius 3 is 2.86 bits per heavy atom. The third-order valence-electron chi connectivity index (χ3n) is 3.64. The number of hydrogen-bond donors (Lipinski definition) is 1. The Bertz CT molecular complexity index is 649. The lowest BCUT2D eigenvalue weighted by Gasteiger charge is -2.25. The van der Waals surface area contributed by atoms with Crippen LogP contribution in [0, 0.1) is 5.41 Å². The van der Waals surface area contributed by atoms with Crippen molar-refractivity contribution >= 4 is 5.97 Å². The van der Waals surface area contributed by atoms with Gasteiger partial charge in [0.1, 0.15) is 6.10 Å². The first-order valence-corrected chi connectivity index (χ1v) is 7.04. The molecule has 0 unspecified atom stereocenters. The summed E-state index contributed by atoms with van der Waals surface area (Å²) in [5.74, 6) is -0.415. The average Bonchev–Trinajstić information content (AvgIpc) is 2.93. The molecule has 0 amide bonds. The molecule has 1 aromatic rings. The SMILES string of the molecule is CC(C)(C)C(=O)O[C@H]1[C@@H]2Oc3nc(=O)ccn3[C@@H]2O[C@@H]1CO. The van der Waals surface area contributed by atoms with E-state index in [1.54, 1.807) is 25.3 Å². The van der Waals surface area contributed by atoms with Crippen molar-refractivity contribution in [1.82, 2.24) is 9.55 Å². The van der Waals surface area contributed by atoms with Crippen molar-refractivity contribution in [3.05, 3.63) is 22.6 Å². The molecule has 8 nitrogen and oxygen atoms in total. The maximum absolute atomic E-state index is 12.1. The first kappa shape index (κ1) is 15.0. The minimum Gasteiger partial charge on any atom is -0.455 e. The van der Waals surface area contributed by atoms with Gasteiger partial charge in [-0.25, -0.2) is 0 Å². The van der Waals surface area contributed by atoms with E-state index in [2.05, 4.69) is 4.98 Å². The van der Waals surface area contributed by atoms with Gasteiger partial charge in [0.15, 0.2) is 18.4 Å². The average molecular weight is 310 g/mol. The second-order valence-corrected chi connectivity index (χ2v) is 6.41. The fourth-order valence-electron chi connectivity index (χ4n) is 2.45. The van der Waals surface area contributed by atoms with Gasteiger partial charge in [-0.3, -0.25) is 14.2 Å². The Hall–Kier alpha value is -1.93. The van der Waals surface area contributed by atoms with Crippen molar-refractivity contribution in [2.45, 2.75) is 45.3 Å². The zero-order chi connectivity index (χ0) is 16.1. The van der Waals surface area contributed by atoms with Crippen molar-refractivity contribution in [3.63, 3.8) is 0 Å². The van der Waals surface area contributed by atoms with E-state index in [4.69, 9.17) is 14.2 Å². The molecular formula is C14H18N2O6. The molecule has 8 heteroatoms. The van der Waals surface area contributed by atoms with E-state index in [0.717, 1.165) is 0 Å². The second kappa shape index (κ2) is 5.06. The van der Waals surface area contributed by atoms with Gasteiger partial charge in [-0.15, -0.1) is 0 Å². The van der Waals surface area contributed by atoms with Gasteiger partial charge in [0, 0.05) is 12.3 Å². The van der Waals surface area contributed by atoms with Crippen molar-refractivity contribution in [1.29, 1.82) is 0 Å². The summed E-state index contributed by atoms with van der Waals surface area (Å²) >= 11 is 0. The number of aliphatic hydroxyl groups is 1. The second-order valence-electron chi connectivity index (χ2n) is 6.41. The van der Waals surface area contributed by atoms with Gasteiger partial charge < -0.3 is 19.3 Å². The molecular weight excluding hydrogens is 292 g/mol. The number of nitrogens with zero attached hydrogens (tertiary/aromatic N) is 2. The zero-order valence-electron chi connectivity index (χ0n) is 12.6. The molecule has 120 valence electrons. The molecule has 4 atom stereocenters. The molecule has 0 saturated carbocycles. The van der Waals surface area contributed by atoms with Crippen LogP contribution in [0.15, 0.2) is 17.1 Å². The number of aromatic nitrogens is 2. The summed E-state index contributed by atoms with van der Waals surface area (Å²) < 4.78 is 18.3. The van der Waals surface area contributed by atoms with Crippen LogP contribution in [0.1, 0.15) is 27.0 Å². The van der Waals surface area contributed by atoms with E-state index in [-0.39, 0.29) is 12.6 Å². The van der Waals surface area contributed by atoms with E-state index in [1.807, 2.05) is 0 Å². The Morgan fingerprint density at radius 2 is 2.23 bits per heavy atom. The molecule has 2 aliphatic heterocycles. The summed E-state index contributed by atoms with van der Waals surface area (Å²) in [6.07, 6.45) is -1.17. The predicted octanol–water partition coefficient (Wildman–Crippen LogP) is -0.148. The highest BCUT2D eigenvalue weighted by Crippen LogP contribution is 2.40. The summed E-state index contributed by atoms with van der Waals surface area (Å²) in [6.45, 7) is 4.91. The molecule has 1 fully saturated rings. The van der Waals surface area contributed by atoms with Gasteiger partial charge in [-0.1, -0.05) is 0 Å². The van der Waals surface area contributed by atoms with Crippen LogP contribution in [-0.2, 0) is 14.3 Å². The largest absolute Gasteiger partial charge is 0.455 e. The molecule has 0 bridgehead atoms. The van der Waals surface area contributed by atoms with Crippen LogP contribution in [0.2, 0.25) is 0 Å². The quantitative estimate of drug-likeness (QED) is 0.758. The molecule has 0 spiro atoms. The van der Waals surface area contributed by atoms with Crippen LogP contribution in [0.25, 0.3) is 0 Å². The van der Waals surface area contributed by atoms with E-state index in [1.165, 1.54) is 12.3 Å². The Balaban J connectivity index is 1.86. The smallest absolute Gasteiger partial charge is 0.311 e. The minimum atomic E-state index is -0.765. The number of hydrogen-bond acceptors (Lipinski definition) is 7. The van der Waals surface area contributed by atoms with Gasteiger partial charge in [0.25, 0.3) is 5.56 Å². The van der Waals surface area contributed by atoms with Crippen LogP contribution in [0.3, 0.4) is 0 Å². The number of ether oxygens (including phenoxy) is 3. The van der Waals surface area contributed by atoms with Crippen molar-refractivity contribution < 1.29 is 24.1 Å². The Kier molecular flexibility index (Phi) is 3.45. The number of carbonyl (C=O) groups excluding carboxylic acids is 1. The minimum absolute atomic E-state index is 0.121. The van der Waals surface area contributed by atoms with Crippen LogP contribution < -0.4 is 10.3 Å². The molecule has 1 saturated heterocycles. The van der Waals surface area contributed by atoms with E-state index >= 15 is 0 Å². The van der Waals surface area contributed by atoms with Gasteiger partial charge >= 0.3 is 12.0 Å². The number of carbonyl (C=O) groups is 1. The first-order valence-electron chi connectivity index (χ1n) is 7.04. The molecule has 3 heterocycles.